The van der Waals surface area contributed by atoms with E-state index in [0.717, 1.165) is 5.56 Å². The average Bonchev–Trinajstić information content (AvgIpc) is 3.14. The first-order valence-corrected chi connectivity index (χ1v) is 9.83. The summed E-state index contributed by atoms with van der Waals surface area (Å²) in [5.41, 5.74) is 0.308. The minimum Gasteiger partial charge on any atom is -0.350 e. The number of fused-ring (bicyclic) bond motifs is 1. The number of nitrogens with one attached hydrogen (secondary N) is 2. The third-order valence-electron chi connectivity index (χ3n) is 5.36. The van der Waals surface area contributed by atoms with Gasteiger partial charge in [0, 0.05) is 32.7 Å². The number of rotatable bonds is 7. The highest BCUT2D eigenvalue weighted by molar-refractivity contribution is 6.01. The summed E-state index contributed by atoms with van der Waals surface area (Å²) in [6, 6.07) is 11.0. The van der Waals surface area contributed by atoms with Crippen LogP contribution in [0.2, 0.25) is 0 Å². The summed E-state index contributed by atoms with van der Waals surface area (Å²) in [6.45, 7) is 3.40. The maximum Gasteiger partial charge on any atom is 0.272 e. The molecular weight excluding hydrogens is 384 g/mol. The van der Waals surface area contributed by atoms with E-state index in [0.29, 0.717) is 25.3 Å². The molecule has 0 saturated heterocycles. The Bertz CT molecular complexity index is 939. The summed E-state index contributed by atoms with van der Waals surface area (Å²) < 4.78 is 1.45. The maximum atomic E-state index is 13.0. The van der Waals surface area contributed by atoms with E-state index in [1.165, 1.54) is 15.6 Å². The second-order valence-electron chi connectivity index (χ2n) is 7.94. The molecule has 0 spiro atoms. The molecule has 1 aromatic carbocycles. The van der Waals surface area contributed by atoms with Crippen LogP contribution in [-0.4, -0.2) is 77.1 Å². The Labute approximate surface area is 176 Å². The van der Waals surface area contributed by atoms with Gasteiger partial charge in [0.1, 0.15) is 11.2 Å². The first-order valence-electron chi connectivity index (χ1n) is 9.83. The Kier molecular flexibility index (Phi) is 6.21. The molecule has 0 radical (unpaired) electrons. The summed E-state index contributed by atoms with van der Waals surface area (Å²) >= 11 is 0. The van der Waals surface area contributed by atoms with Crippen molar-refractivity contribution in [3.63, 3.8) is 0 Å². The number of likely N-dealkylation sites (N-methyl/N-ethyl adjacent to an activating group) is 2. The van der Waals surface area contributed by atoms with Crippen LogP contribution in [0.25, 0.3) is 0 Å². The normalized spacial score (nSPS) is 18.3. The molecule has 9 heteroatoms. The van der Waals surface area contributed by atoms with E-state index in [1.54, 1.807) is 14.0 Å². The number of benzene rings is 1. The highest BCUT2D eigenvalue weighted by Crippen LogP contribution is 2.26. The number of nitrogens with zero attached hydrogens (tertiary/aromatic N) is 4. The van der Waals surface area contributed by atoms with Crippen LogP contribution in [0.5, 0.6) is 0 Å². The van der Waals surface area contributed by atoms with Crippen LogP contribution in [0.3, 0.4) is 0 Å². The molecule has 9 nitrogen and oxygen atoms in total. The van der Waals surface area contributed by atoms with Gasteiger partial charge in [0.25, 0.3) is 11.8 Å². The molecule has 0 bridgehead atoms. The minimum atomic E-state index is -1.12. The van der Waals surface area contributed by atoms with Crippen LogP contribution >= 0.6 is 0 Å². The third kappa shape index (κ3) is 4.35. The predicted octanol–water partition coefficient (Wildman–Crippen LogP) is 0.335. The number of aromatic nitrogens is 2. The molecule has 160 valence electrons. The molecule has 0 fully saturated rings. The van der Waals surface area contributed by atoms with Crippen molar-refractivity contribution in [2.75, 3.05) is 34.2 Å². The summed E-state index contributed by atoms with van der Waals surface area (Å²) in [5.74, 6) is -0.969. The fourth-order valence-electron chi connectivity index (χ4n) is 3.29. The van der Waals surface area contributed by atoms with E-state index in [-0.39, 0.29) is 30.0 Å². The standard InChI is InChI=1S/C21H28N6O3/c1-21(20(30)23-13-15-8-6-5-7-9-15)14-27-17(19(29)26(21)4)12-16(24-27)18(28)22-10-11-25(2)3/h5-9,12H,10-11,13-14H2,1-4H3,(H,22,28)(H,23,30). The fourth-order valence-corrected chi connectivity index (χ4v) is 3.29. The Morgan fingerprint density at radius 2 is 1.90 bits per heavy atom. The molecule has 2 heterocycles. The van der Waals surface area contributed by atoms with Gasteiger partial charge >= 0.3 is 0 Å². The van der Waals surface area contributed by atoms with Gasteiger partial charge in [-0.15, -0.1) is 0 Å². The van der Waals surface area contributed by atoms with Gasteiger partial charge < -0.3 is 20.4 Å². The van der Waals surface area contributed by atoms with Crippen molar-refractivity contribution in [1.29, 1.82) is 0 Å². The molecule has 1 atom stereocenters. The van der Waals surface area contributed by atoms with Gasteiger partial charge in [-0.3, -0.25) is 19.1 Å². The van der Waals surface area contributed by atoms with Crippen LogP contribution < -0.4 is 10.6 Å². The van der Waals surface area contributed by atoms with E-state index in [1.807, 2.05) is 49.3 Å². The van der Waals surface area contributed by atoms with Gasteiger partial charge in [0.05, 0.1) is 6.54 Å². The van der Waals surface area contributed by atoms with Crippen LogP contribution in [-0.2, 0) is 17.9 Å². The Hall–Kier alpha value is -3.20. The molecule has 30 heavy (non-hydrogen) atoms. The minimum absolute atomic E-state index is 0.163. The molecule has 0 aliphatic carbocycles. The van der Waals surface area contributed by atoms with Gasteiger partial charge in [0.15, 0.2) is 5.69 Å². The summed E-state index contributed by atoms with van der Waals surface area (Å²) in [6.07, 6.45) is 0. The quantitative estimate of drug-likeness (QED) is 0.683. The molecule has 3 rings (SSSR count). The van der Waals surface area contributed by atoms with Crippen LogP contribution in [0, 0.1) is 0 Å². The van der Waals surface area contributed by atoms with Gasteiger partial charge in [-0.25, -0.2) is 0 Å². The molecule has 1 aromatic heterocycles. The van der Waals surface area contributed by atoms with Gasteiger partial charge in [-0.2, -0.15) is 5.10 Å². The zero-order valence-corrected chi connectivity index (χ0v) is 17.8. The van der Waals surface area contributed by atoms with Crippen molar-refractivity contribution in [3.8, 4) is 0 Å². The topological polar surface area (TPSA) is 99.6 Å². The van der Waals surface area contributed by atoms with Crippen molar-refractivity contribution in [1.82, 2.24) is 30.2 Å². The van der Waals surface area contributed by atoms with Crippen molar-refractivity contribution >= 4 is 17.7 Å². The van der Waals surface area contributed by atoms with Gasteiger partial charge in [0.2, 0.25) is 5.91 Å². The Balaban J connectivity index is 1.73. The maximum absolute atomic E-state index is 13.0. The monoisotopic (exact) mass is 412 g/mol. The van der Waals surface area contributed by atoms with Crippen LogP contribution in [0.1, 0.15) is 33.5 Å². The van der Waals surface area contributed by atoms with E-state index >= 15 is 0 Å². The second kappa shape index (κ2) is 8.66. The number of amides is 3. The lowest BCUT2D eigenvalue weighted by atomic mass is 9.96. The Morgan fingerprint density at radius 3 is 2.57 bits per heavy atom. The third-order valence-corrected chi connectivity index (χ3v) is 5.36. The zero-order valence-electron chi connectivity index (χ0n) is 17.8. The first kappa shape index (κ1) is 21.5. The summed E-state index contributed by atoms with van der Waals surface area (Å²) in [7, 11) is 5.43. The molecule has 0 saturated carbocycles. The predicted molar refractivity (Wildman–Crippen MR) is 112 cm³/mol. The lowest BCUT2D eigenvalue weighted by Crippen LogP contribution is -2.62. The number of carbonyl (C=O) groups excluding carboxylic acids is 3. The molecule has 1 aliphatic rings. The number of hydrogen-bond acceptors (Lipinski definition) is 5. The molecule has 3 amide bonds. The van der Waals surface area contributed by atoms with E-state index in [9.17, 15) is 14.4 Å². The second-order valence-corrected chi connectivity index (χ2v) is 7.94. The number of hydrogen-bond donors (Lipinski definition) is 2. The first-order chi connectivity index (χ1) is 14.2. The SMILES string of the molecule is CN(C)CCNC(=O)c1cc2n(n1)CC(C)(C(=O)NCc1ccccc1)N(C)C2=O. The van der Waals surface area contributed by atoms with Gasteiger partial charge in [-0.05, 0) is 26.6 Å². The smallest absolute Gasteiger partial charge is 0.272 e. The summed E-state index contributed by atoms with van der Waals surface area (Å²) in [5, 5.41) is 9.98. The van der Waals surface area contributed by atoms with Gasteiger partial charge in [-0.1, -0.05) is 30.3 Å². The molecule has 1 unspecified atom stereocenters. The highest BCUT2D eigenvalue weighted by Gasteiger charge is 2.46. The van der Waals surface area contributed by atoms with Crippen molar-refractivity contribution in [3.05, 3.63) is 53.3 Å². The van der Waals surface area contributed by atoms with E-state index < -0.39 is 5.54 Å². The highest BCUT2D eigenvalue weighted by atomic mass is 16.2. The lowest BCUT2D eigenvalue weighted by molar-refractivity contribution is -0.132. The average molecular weight is 412 g/mol. The largest absolute Gasteiger partial charge is 0.350 e. The molecule has 1 aliphatic heterocycles. The molecular formula is C21H28N6O3. The summed E-state index contributed by atoms with van der Waals surface area (Å²) in [4.78, 5) is 41.6. The molecule has 2 N–H and O–H groups in total. The Morgan fingerprint density at radius 1 is 1.20 bits per heavy atom. The van der Waals surface area contributed by atoms with E-state index in [2.05, 4.69) is 15.7 Å². The fraction of sp³-hybridized carbons (Fsp3) is 0.429. The van der Waals surface area contributed by atoms with Crippen LogP contribution in [0.4, 0.5) is 0 Å². The van der Waals surface area contributed by atoms with Crippen molar-refractivity contribution < 1.29 is 14.4 Å². The van der Waals surface area contributed by atoms with Crippen LogP contribution in [0.15, 0.2) is 36.4 Å². The van der Waals surface area contributed by atoms with E-state index in [4.69, 9.17) is 0 Å². The zero-order chi connectivity index (χ0) is 21.9. The van der Waals surface area contributed by atoms with Crippen molar-refractivity contribution in [2.24, 2.45) is 0 Å². The number of carbonyl (C=O) groups is 3. The lowest BCUT2D eigenvalue weighted by Gasteiger charge is -2.40. The van der Waals surface area contributed by atoms with Crippen molar-refractivity contribution in [2.45, 2.75) is 25.6 Å². The molecule has 2 aromatic rings.